The number of hydrogen-bond acceptors (Lipinski definition) is 6. The number of hydrogen-bond donors (Lipinski definition) is 2. The van der Waals surface area contributed by atoms with Crippen molar-refractivity contribution in [3.05, 3.63) is 61.2 Å². The first-order valence-electron chi connectivity index (χ1n) is 7.25. The van der Waals surface area contributed by atoms with E-state index in [4.69, 9.17) is 0 Å². The molecule has 8 nitrogen and oxygen atoms in total. The van der Waals surface area contributed by atoms with Gasteiger partial charge < -0.3 is 5.32 Å². The van der Waals surface area contributed by atoms with Crippen molar-refractivity contribution in [3.8, 4) is 5.82 Å². The molecule has 3 aromatic rings. The average Bonchev–Trinajstić information content (AvgIpc) is 2.97. The SMILES string of the molecule is C=CS(=O)(=O)Nc1ccc2ncn(-c3cncc(NC(=C)C)n3)c2c1. The lowest BCUT2D eigenvalue weighted by molar-refractivity contribution is 0.609. The Balaban J connectivity index is 2.05. The van der Waals surface area contributed by atoms with Crippen LogP contribution in [-0.2, 0) is 10.0 Å². The second-order valence-electron chi connectivity index (χ2n) is 5.30. The summed E-state index contributed by atoms with van der Waals surface area (Å²) in [5.74, 6) is 1.09. The molecule has 0 unspecified atom stereocenters. The third-order valence-corrected chi connectivity index (χ3v) is 4.20. The number of sulfonamides is 1. The molecule has 0 fully saturated rings. The fourth-order valence-electron chi connectivity index (χ4n) is 2.21. The number of fused-ring (bicyclic) bond motifs is 1. The predicted molar refractivity (Wildman–Crippen MR) is 97.8 cm³/mol. The van der Waals surface area contributed by atoms with Crippen LogP contribution in [0, 0.1) is 0 Å². The average molecular weight is 356 g/mol. The number of imidazole rings is 1. The summed E-state index contributed by atoms with van der Waals surface area (Å²) in [7, 11) is -3.59. The van der Waals surface area contributed by atoms with Gasteiger partial charge in [0.2, 0.25) is 0 Å². The lowest BCUT2D eigenvalue weighted by atomic mass is 10.3. The molecule has 0 spiro atoms. The molecule has 2 heterocycles. The summed E-state index contributed by atoms with van der Waals surface area (Å²) in [5.41, 5.74) is 2.52. The van der Waals surface area contributed by atoms with E-state index < -0.39 is 10.0 Å². The smallest absolute Gasteiger partial charge is 0.254 e. The summed E-state index contributed by atoms with van der Waals surface area (Å²) < 4.78 is 27.4. The van der Waals surface area contributed by atoms with E-state index in [1.807, 2.05) is 6.92 Å². The van der Waals surface area contributed by atoms with Crippen LogP contribution >= 0.6 is 0 Å². The van der Waals surface area contributed by atoms with Crippen molar-refractivity contribution < 1.29 is 8.42 Å². The number of nitrogens with one attached hydrogen (secondary N) is 2. The summed E-state index contributed by atoms with van der Waals surface area (Å²) in [6, 6.07) is 5.02. The highest BCUT2D eigenvalue weighted by Gasteiger charge is 2.10. The minimum Gasteiger partial charge on any atom is -0.343 e. The van der Waals surface area contributed by atoms with E-state index in [2.05, 4.69) is 38.1 Å². The van der Waals surface area contributed by atoms with Gasteiger partial charge in [-0.15, -0.1) is 0 Å². The summed E-state index contributed by atoms with van der Waals surface area (Å²) >= 11 is 0. The Morgan fingerprint density at radius 1 is 1.32 bits per heavy atom. The topological polar surface area (TPSA) is 102 Å². The molecule has 0 radical (unpaired) electrons. The molecular formula is C16H16N6O2S. The van der Waals surface area contributed by atoms with E-state index in [1.165, 1.54) is 0 Å². The van der Waals surface area contributed by atoms with Gasteiger partial charge in [-0.2, -0.15) is 0 Å². The van der Waals surface area contributed by atoms with Crippen LogP contribution < -0.4 is 10.0 Å². The molecule has 2 N–H and O–H groups in total. The molecule has 1 aromatic carbocycles. The number of nitrogens with zero attached hydrogens (tertiary/aromatic N) is 4. The Labute approximate surface area is 145 Å². The van der Waals surface area contributed by atoms with Gasteiger partial charge in [0.1, 0.15) is 6.33 Å². The molecule has 0 bridgehead atoms. The van der Waals surface area contributed by atoms with Crippen LogP contribution in [0.15, 0.2) is 61.2 Å². The van der Waals surface area contributed by atoms with Crippen molar-refractivity contribution in [2.45, 2.75) is 6.92 Å². The van der Waals surface area contributed by atoms with Gasteiger partial charge in [-0.25, -0.2) is 18.4 Å². The van der Waals surface area contributed by atoms with Crippen LogP contribution in [-0.4, -0.2) is 27.9 Å². The zero-order chi connectivity index (χ0) is 18.0. The quantitative estimate of drug-likeness (QED) is 0.704. The molecule has 0 aliphatic rings. The first-order chi connectivity index (χ1) is 11.9. The Morgan fingerprint density at radius 2 is 2.12 bits per heavy atom. The Bertz CT molecular complexity index is 1070. The molecule has 25 heavy (non-hydrogen) atoms. The van der Waals surface area contributed by atoms with E-state index in [0.717, 1.165) is 11.1 Å². The molecule has 0 aliphatic carbocycles. The van der Waals surface area contributed by atoms with E-state index >= 15 is 0 Å². The second-order valence-corrected chi connectivity index (χ2v) is 6.93. The lowest BCUT2D eigenvalue weighted by Gasteiger charge is -2.08. The van der Waals surface area contributed by atoms with Crippen LogP contribution in [0.3, 0.4) is 0 Å². The molecule has 0 aliphatic heterocycles. The first-order valence-corrected chi connectivity index (χ1v) is 8.80. The highest BCUT2D eigenvalue weighted by atomic mass is 32.2. The van der Waals surface area contributed by atoms with Gasteiger partial charge in [0.25, 0.3) is 10.0 Å². The second kappa shape index (κ2) is 6.36. The molecule has 9 heteroatoms. The molecule has 0 amide bonds. The van der Waals surface area contributed by atoms with Gasteiger partial charge in [0.05, 0.1) is 29.1 Å². The zero-order valence-corrected chi connectivity index (χ0v) is 14.3. The fourth-order valence-corrected chi connectivity index (χ4v) is 2.75. The lowest BCUT2D eigenvalue weighted by Crippen LogP contribution is -2.08. The highest BCUT2D eigenvalue weighted by Crippen LogP contribution is 2.22. The maximum atomic E-state index is 11.7. The summed E-state index contributed by atoms with van der Waals surface area (Å²) in [6.07, 6.45) is 4.78. The molecule has 0 saturated heterocycles. The van der Waals surface area contributed by atoms with Gasteiger partial charge in [-0.3, -0.25) is 14.3 Å². The van der Waals surface area contributed by atoms with Crippen LogP contribution in [0.4, 0.5) is 11.5 Å². The Hall–Kier alpha value is -3.20. The van der Waals surface area contributed by atoms with Gasteiger partial charge in [-0.1, -0.05) is 13.2 Å². The molecular weight excluding hydrogens is 340 g/mol. The highest BCUT2D eigenvalue weighted by molar-refractivity contribution is 7.95. The predicted octanol–water partition coefficient (Wildman–Crippen LogP) is 2.65. The van der Waals surface area contributed by atoms with Crippen molar-refractivity contribution >= 4 is 32.6 Å². The molecule has 3 rings (SSSR count). The number of aromatic nitrogens is 4. The molecule has 128 valence electrons. The maximum absolute atomic E-state index is 11.7. The van der Waals surface area contributed by atoms with Gasteiger partial charge in [0, 0.05) is 11.1 Å². The fraction of sp³-hybridized carbons (Fsp3) is 0.0625. The third-order valence-electron chi connectivity index (χ3n) is 3.24. The molecule has 0 atom stereocenters. The van der Waals surface area contributed by atoms with Gasteiger partial charge >= 0.3 is 0 Å². The largest absolute Gasteiger partial charge is 0.343 e. The number of anilines is 2. The van der Waals surface area contributed by atoms with Crippen molar-refractivity contribution in [1.29, 1.82) is 0 Å². The van der Waals surface area contributed by atoms with Crippen molar-refractivity contribution in [3.63, 3.8) is 0 Å². The van der Waals surface area contributed by atoms with Gasteiger partial charge in [0.15, 0.2) is 11.6 Å². The zero-order valence-electron chi connectivity index (χ0n) is 13.5. The number of rotatable bonds is 6. The molecule has 0 saturated carbocycles. The van der Waals surface area contributed by atoms with E-state index in [9.17, 15) is 8.42 Å². The minimum atomic E-state index is -3.59. The first kappa shape index (κ1) is 16.7. The summed E-state index contributed by atoms with van der Waals surface area (Å²) in [5, 5.41) is 3.85. The van der Waals surface area contributed by atoms with E-state index in [1.54, 1.807) is 41.5 Å². The van der Waals surface area contributed by atoms with Crippen LogP contribution in [0.1, 0.15) is 6.92 Å². The number of benzene rings is 1. The summed E-state index contributed by atoms with van der Waals surface area (Å²) in [4.78, 5) is 12.9. The van der Waals surface area contributed by atoms with Gasteiger partial charge in [-0.05, 0) is 25.1 Å². The van der Waals surface area contributed by atoms with Crippen LogP contribution in [0.25, 0.3) is 16.9 Å². The van der Waals surface area contributed by atoms with Crippen molar-refractivity contribution in [2.75, 3.05) is 10.0 Å². The maximum Gasteiger partial charge on any atom is 0.254 e. The summed E-state index contributed by atoms with van der Waals surface area (Å²) in [6.45, 7) is 8.87. The van der Waals surface area contributed by atoms with Crippen LogP contribution in [0.2, 0.25) is 0 Å². The normalized spacial score (nSPS) is 11.2. The Kier molecular flexibility index (Phi) is 4.24. The minimum absolute atomic E-state index is 0.401. The third kappa shape index (κ3) is 3.66. The van der Waals surface area contributed by atoms with Crippen molar-refractivity contribution in [1.82, 2.24) is 19.5 Å². The van der Waals surface area contributed by atoms with Crippen LogP contribution in [0.5, 0.6) is 0 Å². The van der Waals surface area contributed by atoms with Crippen molar-refractivity contribution in [2.24, 2.45) is 0 Å². The number of allylic oxidation sites excluding steroid dienone is 1. The monoisotopic (exact) mass is 356 g/mol. The van der Waals surface area contributed by atoms with E-state index in [0.29, 0.717) is 28.4 Å². The van der Waals surface area contributed by atoms with E-state index in [-0.39, 0.29) is 0 Å². The Morgan fingerprint density at radius 3 is 2.84 bits per heavy atom. The standard InChI is InChI=1S/C16H16N6O2S/c1-4-25(23,24)21-12-5-6-13-14(7-12)22(10-18-13)16-9-17-8-15(20-16)19-11(2)3/h4-10,21H,1-2H2,3H3,(H,19,20). The molecule has 2 aromatic heterocycles.